The number of allylic oxidation sites excluding steroid dienone is 8. The Balaban J connectivity index is 3.82. The number of esters is 1. The second-order valence-corrected chi connectivity index (χ2v) is 18.8. The molecule has 0 aliphatic heterocycles. The number of phosphoric acid groups is 1. The average molecular weight is 924 g/mol. The van der Waals surface area contributed by atoms with Gasteiger partial charge in [0.05, 0.1) is 13.2 Å². The first kappa shape index (κ1) is 61.4. The average Bonchev–Trinajstić information content (AvgIpc) is 3.27. The zero-order valence-electron chi connectivity index (χ0n) is 40.6. The summed E-state index contributed by atoms with van der Waals surface area (Å²) in [6.07, 6.45) is 54.2. The Bertz CT molecular complexity index is 1270. The van der Waals surface area contributed by atoms with Gasteiger partial charge in [-0.1, -0.05) is 197 Å². The van der Waals surface area contributed by atoms with E-state index in [2.05, 4.69) is 67.8 Å². The minimum Gasteiger partial charge on any atom is -0.480 e. The minimum atomic E-state index is -4.76. The highest BCUT2D eigenvalue weighted by Gasteiger charge is 2.28. The maximum absolute atomic E-state index is 12.4. The Morgan fingerprint density at radius 1 is 0.516 bits per heavy atom. The Kier molecular flexibility index (Phi) is 45.1. The minimum absolute atomic E-state index is 0.145. The number of carboxylic acid groups (broad SMARTS) is 1. The maximum atomic E-state index is 12.4. The van der Waals surface area contributed by atoms with Crippen LogP contribution in [0.5, 0.6) is 0 Å². The number of hydrogen-bond donors (Lipinski definition) is 4. The van der Waals surface area contributed by atoms with Crippen molar-refractivity contribution < 1.29 is 47.8 Å². The van der Waals surface area contributed by atoms with Crippen molar-refractivity contribution in [2.45, 2.75) is 244 Å². The molecule has 0 saturated heterocycles. The Hall–Kier alpha value is -2.56. The summed E-state index contributed by atoms with van der Waals surface area (Å²) in [7, 11) is -4.76. The molecule has 0 bridgehead atoms. The van der Waals surface area contributed by atoms with Gasteiger partial charge in [-0.2, -0.15) is 0 Å². The smallest absolute Gasteiger partial charge is 0.472 e. The van der Waals surface area contributed by atoms with E-state index in [4.69, 9.17) is 13.8 Å². The number of ether oxygens (including phenoxy) is 1. The van der Waals surface area contributed by atoms with Gasteiger partial charge in [-0.05, 0) is 70.6 Å². The normalized spacial score (nSPS) is 13.9. The number of aliphatic carboxylic acids is 1. The molecule has 0 spiro atoms. The molecule has 12 heteroatoms. The molecule has 0 heterocycles. The van der Waals surface area contributed by atoms with Crippen LogP contribution in [0.15, 0.2) is 48.6 Å². The largest absolute Gasteiger partial charge is 0.480 e. The van der Waals surface area contributed by atoms with E-state index in [1.165, 1.54) is 122 Å². The number of carbonyl (C=O) groups is 3. The SMILES string of the molecule is CC/C=C\C/C=C\C/C=C\CCCCCCCCCC(=O)OCC(O)COP(=O)(O)OCC(NC(=O)CCCCCCCCCCCCCCC/C=C/CCCCCCCC)C(=O)O. The predicted molar refractivity (Wildman–Crippen MR) is 263 cm³/mol. The van der Waals surface area contributed by atoms with Crippen LogP contribution in [-0.4, -0.2) is 64.9 Å². The molecule has 1 amide bonds. The summed E-state index contributed by atoms with van der Waals surface area (Å²) in [5.41, 5.74) is 0. The summed E-state index contributed by atoms with van der Waals surface area (Å²) in [6.45, 7) is 2.50. The second kappa shape index (κ2) is 47.0. The highest BCUT2D eigenvalue weighted by molar-refractivity contribution is 7.47. The lowest BCUT2D eigenvalue weighted by Crippen LogP contribution is -2.43. The fourth-order valence-corrected chi connectivity index (χ4v) is 7.92. The lowest BCUT2D eigenvalue weighted by molar-refractivity contribution is -0.147. The van der Waals surface area contributed by atoms with Gasteiger partial charge in [0.25, 0.3) is 0 Å². The van der Waals surface area contributed by atoms with Gasteiger partial charge in [0.2, 0.25) is 5.91 Å². The monoisotopic (exact) mass is 924 g/mol. The number of nitrogens with one attached hydrogen (secondary N) is 1. The first-order valence-electron chi connectivity index (χ1n) is 25.7. The van der Waals surface area contributed by atoms with Gasteiger partial charge in [-0.25, -0.2) is 9.36 Å². The summed E-state index contributed by atoms with van der Waals surface area (Å²) in [5.74, 6) is -2.38. The van der Waals surface area contributed by atoms with Crippen molar-refractivity contribution in [2.75, 3.05) is 19.8 Å². The van der Waals surface area contributed by atoms with Gasteiger partial charge in [0.1, 0.15) is 12.7 Å². The third-order valence-corrected chi connectivity index (χ3v) is 12.1. The van der Waals surface area contributed by atoms with Gasteiger partial charge in [-0.15, -0.1) is 0 Å². The number of carbonyl (C=O) groups excluding carboxylic acids is 2. The molecule has 0 saturated carbocycles. The molecule has 0 aromatic rings. The molecular formula is C52H94NO10P. The van der Waals surface area contributed by atoms with Crippen LogP contribution in [-0.2, 0) is 32.7 Å². The molecule has 4 N–H and O–H groups in total. The summed E-state index contributed by atoms with van der Waals surface area (Å²) in [6, 6.07) is -1.55. The van der Waals surface area contributed by atoms with E-state index in [9.17, 15) is 34.1 Å². The lowest BCUT2D eigenvalue weighted by atomic mass is 10.0. The van der Waals surface area contributed by atoms with Crippen LogP contribution < -0.4 is 5.32 Å². The first-order chi connectivity index (χ1) is 31.1. The van der Waals surface area contributed by atoms with Crippen LogP contribution in [0, 0.1) is 0 Å². The van der Waals surface area contributed by atoms with Crippen molar-refractivity contribution in [3.05, 3.63) is 48.6 Å². The first-order valence-corrected chi connectivity index (χ1v) is 27.2. The van der Waals surface area contributed by atoms with Gasteiger partial charge < -0.3 is 25.2 Å². The van der Waals surface area contributed by atoms with Crippen molar-refractivity contribution >= 4 is 25.7 Å². The third kappa shape index (κ3) is 46.0. The summed E-state index contributed by atoms with van der Waals surface area (Å²) < 4.78 is 26.9. The summed E-state index contributed by atoms with van der Waals surface area (Å²) in [4.78, 5) is 46.1. The zero-order valence-corrected chi connectivity index (χ0v) is 41.5. The van der Waals surface area contributed by atoms with E-state index in [1.807, 2.05) is 0 Å². The standard InChI is InChI=1S/C52H94NO10P/c1-3-5-7-9-11-13-15-17-19-21-22-23-24-25-26-28-29-31-33-35-37-39-41-43-50(55)53-49(52(57)58)47-63-64(59,60)62-46-48(54)45-61-51(56)44-42-40-38-36-34-32-30-27-20-18-16-14-12-10-8-6-4-2/h6,8,12,14,17-20,48-49,54H,3-5,7,9-11,13,15-16,21-47H2,1-2H3,(H,53,55)(H,57,58)(H,59,60)/b8-6-,14-12-,19-17+,20-18-. The van der Waals surface area contributed by atoms with Crippen LogP contribution in [0.25, 0.3) is 0 Å². The fourth-order valence-electron chi connectivity index (χ4n) is 7.15. The molecule has 0 fully saturated rings. The van der Waals surface area contributed by atoms with E-state index in [0.717, 1.165) is 70.6 Å². The molecule has 64 heavy (non-hydrogen) atoms. The number of aliphatic hydroxyl groups is 1. The predicted octanol–water partition coefficient (Wildman–Crippen LogP) is 14.1. The molecule has 0 aromatic carbocycles. The molecule has 3 unspecified atom stereocenters. The molecular weight excluding hydrogens is 830 g/mol. The molecule has 0 aliphatic carbocycles. The highest BCUT2D eigenvalue weighted by Crippen LogP contribution is 2.43. The molecule has 0 radical (unpaired) electrons. The number of carboxylic acids is 1. The van der Waals surface area contributed by atoms with Crippen LogP contribution in [0.4, 0.5) is 0 Å². The van der Waals surface area contributed by atoms with Gasteiger partial charge in [-0.3, -0.25) is 18.6 Å². The Morgan fingerprint density at radius 3 is 1.38 bits per heavy atom. The van der Waals surface area contributed by atoms with Crippen molar-refractivity contribution in [3.8, 4) is 0 Å². The van der Waals surface area contributed by atoms with Crippen LogP contribution in [0.2, 0.25) is 0 Å². The highest BCUT2D eigenvalue weighted by atomic mass is 31.2. The Morgan fingerprint density at radius 2 is 0.906 bits per heavy atom. The Labute approximate surface area is 390 Å². The van der Waals surface area contributed by atoms with Crippen molar-refractivity contribution in [3.63, 3.8) is 0 Å². The van der Waals surface area contributed by atoms with Gasteiger partial charge in [0, 0.05) is 12.8 Å². The number of unbranched alkanes of at least 4 members (excludes halogenated alkanes) is 26. The lowest BCUT2D eigenvalue weighted by Gasteiger charge is -2.18. The number of amides is 1. The molecule has 0 aliphatic rings. The van der Waals surface area contributed by atoms with E-state index in [1.54, 1.807) is 0 Å². The number of hydrogen-bond acceptors (Lipinski definition) is 8. The third-order valence-electron chi connectivity index (χ3n) is 11.1. The summed E-state index contributed by atoms with van der Waals surface area (Å²) in [5, 5.41) is 21.9. The molecule has 11 nitrogen and oxygen atoms in total. The molecule has 0 rings (SSSR count). The van der Waals surface area contributed by atoms with Crippen LogP contribution in [0.3, 0.4) is 0 Å². The van der Waals surface area contributed by atoms with Crippen LogP contribution >= 0.6 is 7.82 Å². The number of rotatable bonds is 48. The molecule has 0 aromatic heterocycles. The number of phosphoric ester groups is 1. The fraction of sp³-hybridized carbons (Fsp3) is 0.788. The van der Waals surface area contributed by atoms with Gasteiger partial charge in [0.15, 0.2) is 6.04 Å². The van der Waals surface area contributed by atoms with Crippen molar-refractivity contribution in [1.29, 1.82) is 0 Å². The molecule has 3 atom stereocenters. The van der Waals surface area contributed by atoms with E-state index >= 15 is 0 Å². The second-order valence-electron chi connectivity index (χ2n) is 17.3. The maximum Gasteiger partial charge on any atom is 0.472 e. The van der Waals surface area contributed by atoms with E-state index < -0.39 is 57.6 Å². The number of aliphatic hydroxyl groups excluding tert-OH is 1. The van der Waals surface area contributed by atoms with E-state index in [-0.39, 0.29) is 12.8 Å². The quantitative estimate of drug-likeness (QED) is 0.0199. The van der Waals surface area contributed by atoms with Gasteiger partial charge >= 0.3 is 19.8 Å². The van der Waals surface area contributed by atoms with E-state index in [0.29, 0.717) is 12.8 Å². The van der Waals surface area contributed by atoms with Crippen LogP contribution in [0.1, 0.15) is 232 Å². The molecule has 372 valence electrons. The van der Waals surface area contributed by atoms with Crippen molar-refractivity contribution in [2.24, 2.45) is 0 Å². The zero-order chi connectivity index (χ0) is 47.0. The topological polar surface area (TPSA) is 169 Å². The van der Waals surface area contributed by atoms with Crippen molar-refractivity contribution in [1.82, 2.24) is 5.32 Å². The summed E-state index contributed by atoms with van der Waals surface area (Å²) >= 11 is 0.